The molecule has 0 N–H and O–H groups in total. The van der Waals surface area contributed by atoms with Crippen LogP contribution in [0.4, 0.5) is 0 Å². The molecular weight excluding hydrogens is 304 g/mol. The molecule has 2 saturated carbocycles. The topological polar surface area (TPSA) is 0 Å². The number of allylic oxidation sites excluding steroid dienone is 5. The minimum absolute atomic E-state index is 0.850. The van der Waals surface area contributed by atoms with Crippen molar-refractivity contribution in [2.45, 2.75) is 88.4 Å². The highest BCUT2D eigenvalue weighted by molar-refractivity contribution is 6.81. The van der Waals surface area contributed by atoms with Gasteiger partial charge in [0.15, 0.2) is 0 Å². The Kier molecular flexibility index (Phi) is 6.24. The molecule has 134 valence electrons. The highest BCUT2D eigenvalue weighted by Gasteiger charge is 2.52. The summed E-state index contributed by atoms with van der Waals surface area (Å²) >= 11 is 0. The molecule has 0 spiro atoms. The van der Waals surface area contributed by atoms with Crippen molar-refractivity contribution in [2.24, 2.45) is 17.8 Å². The van der Waals surface area contributed by atoms with E-state index in [2.05, 4.69) is 50.4 Å². The zero-order chi connectivity index (χ0) is 17.0. The van der Waals surface area contributed by atoms with Gasteiger partial charge in [0.1, 0.15) is 0 Å². The average molecular weight is 343 g/mol. The van der Waals surface area contributed by atoms with Crippen LogP contribution in [0.15, 0.2) is 37.0 Å². The Hall–Kier alpha value is -0.563. The SMILES string of the molecule is C=CCC[Si](C)(C1CCCC1)C1CC(CCCC)C2C=CC=CC21. The largest absolute Gasteiger partial charge is 0.103 e. The summed E-state index contributed by atoms with van der Waals surface area (Å²) in [6.45, 7) is 9.19. The maximum absolute atomic E-state index is 4.05. The molecule has 5 atom stereocenters. The normalized spacial score (nSPS) is 35.1. The molecule has 0 radical (unpaired) electrons. The van der Waals surface area contributed by atoms with E-state index in [0.29, 0.717) is 0 Å². The molecule has 3 rings (SSSR count). The molecule has 0 amide bonds. The summed E-state index contributed by atoms with van der Waals surface area (Å²) in [6, 6.07) is 1.49. The predicted molar refractivity (Wildman–Crippen MR) is 110 cm³/mol. The lowest BCUT2D eigenvalue weighted by Crippen LogP contribution is -2.42. The fourth-order valence-electron chi connectivity index (χ4n) is 6.33. The first-order valence-corrected chi connectivity index (χ1v) is 13.5. The van der Waals surface area contributed by atoms with Gasteiger partial charge in [0, 0.05) is 0 Å². The molecule has 0 heterocycles. The molecule has 0 aromatic heterocycles. The molecule has 0 aliphatic heterocycles. The third kappa shape index (κ3) is 3.52. The van der Waals surface area contributed by atoms with E-state index in [4.69, 9.17) is 0 Å². The van der Waals surface area contributed by atoms with Gasteiger partial charge in [-0.15, -0.1) is 6.58 Å². The first-order chi connectivity index (χ1) is 11.7. The molecule has 0 aromatic rings. The van der Waals surface area contributed by atoms with E-state index in [-0.39, 0.29) is 0 Å². The lowest BCUT2D eigenvalue weighted by atomic mass is 9.84. The minimum atomic E-state index is -1.25. The lowest BCUT2D eigenvalue weighted by Gasteiger charge is -2.42. The summed E-state index contributed by atoms with van der Waals surface area (Å²) in [5.41, 5.74) is 2.11. The number of hydrogen-bond acceptors (Lipinski definition) is 0. The van der Waals surface area contributed by atoms with E-state index in [9.17, 15) is 0 Å². The number of fused-ring (bicyclic) bond motifs is 1. The monoisotopic (exact) mass is 342 g/mol. The van der Waals surface area contributed by atoms with Gasteiger partial charge < -0.3 is 0 Å². The van der Waals surface area contributed by atoms with Crippen LogP contribution < -0.4 is 0 Å². The van der Waals surface area contributed by atoms with Gasteiger partial charge in [-0.05, 0) is 48.1 Å². The van der Waals surface area contributed by atoms with Crippen molar-refractivity contribution in [3.8, 4) is 0 Å². The third-order valence-electron chi connectivity index (χ3n) is 7.74. The van der Waals surface area contributed by atoms with Crippen molar-refractivity contribution in [1.29, 1.82) is 0 Å². The van der Waals surface area contributed by atoms with Crippen LogP contribution in [0.5, 0.6) is 0 Å². The number of unbranched alkanes of at least 4 members (excludes halogenated alkanes) is 1. The van der Waals surface area contributed by atoms with Crippen LogP contribution in [0.2, 0.25) is 23.7 Å². The Labute approximate surface area is 151 Å². The van der Waals surface area contributed by atoms with Gasteiger partial charge in [-0.25, -0.2) is 0 Å². The summed E-state index contributed by atoms with van der Waals surface area (Å²) in [5, 5.41) is 0. The standard InChI is InChI=1S/C23H38Si/c1-4-6-12-19-18-23(22-16-11-10-15-21(19)22)24(3,17-7-5-2)20-13-8-9-14-20/h5,10-11,15-16,19-23H,2,4,6-9,12-14,17-18H2,1,3H3. The molecule has 0 bridgehead atoms. The van der Waals surface area contributed by atoms with Crippen molar-refractivity contribution in [2.75, 3.05) is 0 Å². The lowest BCUT2D eigenvalue weighted by molar-refractivity contribution is 0.383. The van der Waals surface area contributed by atoms with E-state index in [1.165, 1.54) is 63.8 Å². The zero-order valence-corrected chi connectivity index (χ0v) is 17.1. The Morgan fingerprint density at radius 1 is 1.12 bits per heavy atom. The van der Waals surface area contributed by atoms with Crippen molar-refractivity contribution in [3.05, 3.63) is 37.0 Å². The van der Waals surface area contributed by atoms with Crippen LogP contribution in [-0.2, 0) is 0 Å². The maximum Gasteiger partial charge on any atom is 0.0576 e. The van der Waals surface area contributed by atoms with Gasteiger partial charge in [-0.1, -0.05) is 88.4 Å². The molecule has 5 unspecified atom stereocenters. The molecule has 0 nitrogen and oxygen atoms in total. The number of rotatable bonds is 8. The summed E-state index contributed by atoms with van der Waals surface area (Å²) in [4.78, 5) is 0. The van der Waals surface area contributed by atoms with E-state index < -0.39 is 8.07 Å². The summed E-state index contributed by atoms with van der Waals surface area (Å²) < 4.78 is 0. The highest BCUT2D eigenvalue weighted by Crippen LogP contribution is 2.59. The molecule has 0 aromatic carbocycles. The van der Waals surface area contributed by atoms with Crippen LogP contribution in [-0.4, -0.2) is 8.07 Å². The van der Waals surface area contributed by atoms with E-state index >= 15 is 0 Å². The fraction of sp³-hybridized carbons (Fsp3) is 0.739. The van der Waals surface area contributed by atoms with Crippen molar-refractivity contribution >= 4 is 8.07 Å². The number of hydrogen-bond donors (Lipinski definition) is 0. The molecule has 2 fully saturated rings. The quantitative estimate of drug-likeness (QED) is 0.316. The van der Waals surface area contributed by atoms with Gasteiger partial charge in [0.2, 0.25) is 0 Å². The van der Waals surface area contributed by atoms with E-state index in [1.807, 2.05) is 0 Å². The van der Waals surface area contributed by atoms with Crippen LogP contribution in [0.1, 0.15) is 64.7 Å². The van der Waals surface area contributed by atoms with Crippen molar-refractivity contribution in [3.63, 3.8) is 0 Å². The van der Waals surface area contributed by atoms with Crippen LogP contribution in [0.25, 0.3) is 0 Å². The molecular formula is C23H38Si. The maximum atomic E-state index is 4.05. The Morgan fingerprint density at radius 3 is 2.50 bits per heavy atom. The molecule has 0 saturated heterocycles. The van der Waals surface area contributed by atoms with E-state index in [0.717, 1.165) is 28.8 Å². The van der Waals surface area contributed by atoms with Gasteiger partial charge in [0.05, 0.1) is 8.07 Å². The van der Waals surface area contributed by atoms with Gasteiger partial charge in [0.25, 0.3) is 0 Å². The average Bonchev–Trinajstić information content (AvgIpc) is 3.26. The zero-order valence-electron chi connectivity index (χ0n) is 16.1. The van der Waals surface area contributed by atoms with Gasteiger partial charge >= 0.3 is 0 Å². The fourth-order valence-corrected chi connectivity index (χ4v) is 12.3. The second kappa shape index (κ2) is 8.21. The summed E-state index contributed by atoms with van der Waals surface area (Å²) in [7, 11) is -1.25. The van der Waals surface area contributed by atoms with Crippen molar-refractivity contribution < 1.29 is 0 Å². The first-order valence-electron chi connectivity index (χ1n) is 10.7. The molecule has 3 aliphatic carbocycles. The Balaban J connectivity index is 1.84. The molecule has 24 heavy (non-hydrogen) atoms. The van der Waals surface area contributed by atoms with Gasteiger partial charge in [-0.2, -0.15) is 0 Å². The van der Waals surface area contributed by atoms with Crippen LogP contribution in [0.3, 0.4) is 0 Å². The first kappa shape index (κ1) is 18.2. The minimum Gasteiger partial charge on any atom is -0.103 e. The smallest absolute Gasteiger partial charge is 0.0576 e. The van der Waals surface area contributed by atoms with Gasteiger partial charge in [-0.3, -0.25) is 0 Å². The van der Waals surface area contributed by atoms with E-state index in [1.54, 1.807) is 0 Å². The summed E-state index contributed by atoms with van der Waals surface area (Å²) in [6.07, 6.45) is 25.1. The predicted octanol–water partition coefficient (Wildman–Crippen LogP) is 7.52. The van der Waals surface area contributed by atoms with Crippen LogP contribution >= 0.6 is 0 Å². The Bertz CT molecular complexity index is 470. The third-order valence-corrected chi connectivity index (χ3v) is 13.9. The second-order valence-electron chi connectivity index (χ2n) is 8.98. The van der Waals surface area contributed by atoms with Crippen molar-refractivity contribution in [1.82, 2.24) is 0 Å². The Morgan fingerprint density at radius 2 is 1.83 bits per heavy atom. The van der Waals surface area contributed by atoms with Crippen LogP contribution in [0, 0.1) is 17.8 Å². The second-order valence-corrected chi connectivity index (χ2v) is 14.1. The summed E-state index contributed by atoms with van der Waals surface area (Å²) in [5.74, 6) is 2.67. The molecule has 3 aliphatic rings. The molecule has 1 heteroatoms. The highest BCUT2D eigenvalue weighted by atomic mass is 28.3.